The van der Waals surface area contributed by atoms with Crippen LogP contribution in [-0.2, 0) is 4.74 Å². The van der Waals surface area contributed by atoms with Crippen molar-refractivity contribution in [3.8, 4) is 0 Å². The van der Waals surface area contributed by atoms with Crippen molar-refractivity contribution >= 4 is 11.8 Å². The van der Waals surface area contributed by atoms with E-state index in [1.807, 2.05) is 0 Å². The number of pyridine rings is 1. The van der Waals surface area contributed by atoms with Gasteiger partial charge in [-0.2, -0.15) is 0 Å². The SMILES string of the molecule is Fc1cccnc1SCC1CCOC1. The highest BCUT2D eigenvalue weighted by atomic mass is 32.2. The molecule has 1 aliphatic heterocycles. The number of halogens is 1. The van der Waals surface area contributed by atoms with E-state index in [4.69, 9.17) is 4.74 Å². The fourth-order valence-electron chi connectivity index (χ4n) is 1.39. The minimum Gasteiger partial charge on any atom is -0.381 e. The molecule has 76 valence electrons. The van der Waals surface area contributed by atoms with Gasteiger partial charge in [0.25, 0.3) is 0 Å². The van der Waals surface area contributed by atoms with Gasteiger partial charge >= 0.3 is 0 Å². The third-order valence-corrected chi connectivity index (χ3v) is 3.42. The van der Waals surface area contributed by atoms with Gasteiger partial charge < -0.3 is 4.74 Å². The monoisotopic (exact) mass is 213 g/mol. The molecule has 1 saturated heterocycles. The second-order valence-electron chi connectivity index (χ2n) is 3.33. The maximum absolute atomic E-state index is 13.1. The van der Waals surface area contributed by atoms with Crippen LogP contribution in [-0.4, -0.2) is 24.0 Å². The first kappa shape index (κ1) is 9.93. The Morgan fingerprint density at radius 3 is 3.29 bits per heavy atom. The molecule has 1 aliphatic rings. The fourth-order valence-corrected chi connectivity index (χ4v) is 2.39. The quantitative estimate of drug-likeness (QED) is 0.719. The Bertz CT molecular complexity index is 302. The fraction of sp³-hybridized carbons (Fsp3) is 0.500. The summed E-state index contributed by atoms with van der Waals surface area (Å²) in [6, 6.07) is 3.05. The van der Waals surface area contributed by atoms with Crippen molar-refractivity contribution in [3.05, 3.63) is 24.1 Å². The van der Waals surface area contributed by atoms with Gasteiger partial charge in [0.1, 0.15) is 5.03 Å². The smallest absolute Gasteiger partial charge is 0.155 e. The molecule has 0 aliphatic carbocycles. The van der Waals surface area contributed by atoms with Crippen LogP contribution >= 0.6 is 11.8 Å². The highest BCUT2D eigenvalue weighted by molar-refractivity contribution is 7.99. The van der Waals surface area contributed by atoms with Gasteiger partial charge in [0, 0.05) is 18.6 Å². The minimum atomic E-state index is -0.226. The third kappa shape index (κ3) is 2.45. The van der Waals surface area contributed by atoms with Gasteiger partial charge in [-0.25, -0.2) is 9.37 Å². The van der Waals surface area contributed by atoms with Crippen LogP contribution in [0.25, 0.3) is 0 Å². The number of hydrogen-bond acceptors (Lipinski definition) is 3. The van der Waals surface area contributed by atoms with Crippen molar-refractivity contribution in [2.45, 2.75) is 11.4 Å². The van der Waals surface area contributed by atoms with E-state index in [0.717, 1.165) is 25.4 Å². The summed E-state index contributed by atoms with van der Waals surface area (Å²) in [5.41, 5.74) is 0. The molecule has 2 nitrogen and oxygen atoms in total. The molecular formula is C10H12FNOS. The van der Waals surface area contributed by atoms with Crippen molar-refractivity contribution in [3.63, 3.8) is 0 Å². The number of nitrogens with zero attached hydrogens (tertiary/aromatic N) is 1. The zero-order chi connectivity index (χ0) is 9.80. The van der Waals surface area contributed by atoms with E-state index in [9.17, 15) is 4.39 Å². The second-order valence-corrected chi connectivity index (χ2v) is 4.34. The molecule has 1 aromatic rings. The maximum Gasteiger partial charge on any atom is 0.155 e. The first-order valence-electron chi connectivity index (χ1n) is 4.67. The summed E-state index contributed by atoms with van der Waals surface area (Å²) in [6.45, 7) is 1.65. The Morgan fingerprint density at radius 1 is 1.64 bits per heavy atom. The van der Waals surface area contributed by atoms with Gasteiger partial charge in [-0.1, -0.05) is 0 Å². The van der Waals surface area contributed by atoms with Crippen LogP contribution in [0.15, 0.2) is 23.4 Å². The van der Waals surface area contributed by atoms with Gasteiger partial charge in [-0.3, -0.25) is 0 Å². The Hall–Kier alpha value is -0.610. The van der Waals surface area contributed by atoms with Crippen LogP contribution in [0.5, 0.6) is 0 Å². The zero-order valence-electron chi connectivity index (χ0n) is 7.78. The van der Waals surface area contributed by atoms with Crippen molar-refractivity contribution in [1.82, 2.24) is 4.98 Å². The number of thioether (sulfide) groups is 1. The van der Waals surface area contributed by atoms with E-state index >= 15 is 0 Å². The third-order valence-electron chi connectivity index (χ3n) is 2.20. The molecule has 0 bridgehead atoms. The summed E-state index contributed by atoms with van der Waals surface area (Å²) in [6.07, 6.45) is 2.71. The number of rotatable bonds is 3. The Morgan fingerprint density at radius 2 is 2.57 bits per heavy atom. The number of aromatic nitrogens is 1. The lowest BCUT2D eigenvalue weighted by molar-refractivity contribution is 0.189. The molecule has 0 aromatic carbocycles. The van der Waals surface area contributed by atoms with E-state index in [2.05, 4.69) is 4.98 Å². The molecular weight excluding hydrogens is 201 g/mol. The molecule has 1 atom stereocenters. The molecule has 1 aromatic heterocycles. The Labute approximate surface area is 86.9 Å². The molecule has 14 heavy (non-hydrogen) atoms. The van der Waals surface area contributed by atoms with E-state index < -0.39 is 0 Å². The van der Waals surface area contributed by atoms with E-state index in [1.54, 1.807) is 12.3 Å². The maximum atomic E-state index is 13.1. The molecule has 0 saturated carbocycles. The molecule has 0 spiro atoms. The minimum absolute atomic E-state index is 0.226. The average Bonchev–Trinajstić information content (AvgIpc) is 2.69. The van der Waals surface area contributed by atoms with Gasteiger partial charge in [0.05, 0.1) is 6.61 Å². The van der Waals surface area contributed by atoms with Crippen molar-refractivity contribution < 1.29 is 9.13 Å². The van der Waals surface area contributed by atoms with Crippen LogP contribution in [0.2, 0.25) is 0 Å². The first-order valence-corrected chi connectivity index (χ1v) is 5.66. The number of ether oxygens (including phenoxy) is 1. The van der Waals surface area contributed by atoms with Gasteiger partial charge in [0.2, 0.25) is 0 Å². The van der Waals surface area contributed by atoms with Crippen molar-refractivity contribution in [1.29, 1.82) is 0 Å². The first-order chi connectivity index (χ1) is 6.86. The molecule has 1 fully saturated rings. The summed E-state index contributed by atoms with van der Waals surface area (Å²) < 4.78 is 18.4. The molecule has 1 unspecified atom stereocenters. The van der Waals surface area contributed by atoms with Gasteiger partial charge in [0.15, 0.2) is 5.82 Å². The summed E-state index contributed by atoms with van der Waals surface area (Å²) in [4.78, 5) is 3.99. The molecule has 0 radical (unpaired) electrons. The van der Waals surface area contributed by atoms with Crippen LogP contribution in [0.3, 0.4) is 0 Å². The summed E-state index contributed by atoms with van der Waals surface area (Å²) >= 11 is 1.48. The normalized spacial score (nSPS) is 21.4. The van der Waals surface area contributed by atoms with E-state index in [1.165, 1.54) is 17.8 Å². The van der Waals surface area contributed by atoms with Crippen LogP contribution in [0.4, 0.5) is 4.39 Å². The van der Waals surface area contributed by atoms with Crippen LogP contribution in [0.1, 0.15) is 6.42 Å². The Kier molecular flexibility index (Phi) is 3.37. The summed E-state index contributed by atoms with van der Waals surface area (Å²) in [5.74, 6) is 1.23. The standard InChI is InChI=1S/C10H12FNOS/c11-9-2-1-4-12-10(9)14-7-8-3-5-13-6-8/h1-2,4,8H,3,5-7H2. The van der Waals surface area contributed by atoms with Crippen molar-refractivity contribution in [2.75, 3.05) is 19.0 Å². The predicted octanol–water partition coefficient (Wildman–Crippen LogP) is 2.35. The summed E-state index contributed by atoms with van der Waals surface area (Å²) in [7, 11) is 0. The van der Waals surface area contributed by atoms with Gasteiger partial charge in [-0.15, -0.1) is 11.8 Å². The van der Waals surface area contributed by atoms with E-state index in [-0.39, 0.29) is 5.82 Å². The lowest BCUT2D eigenvalue weighted by atomic mass is 10.2. The van der Waals surface area contributed by atoms with Crippen LogP contribution < -0.4 is 0 Å². The highest BCUT2D eigenvalue weighted by Crippen LogP contribution is 2.24. The largest absolute Gasteiger partial charge is 0.381 e. The lowest BCUT2D eigenvalue weighted by Crippen LogP contribution is -2.02. The molecule has 0 N–H and O–H groups in total. The Balaban J connectivity index is 1.88. The highest BCUT2D eigenvalue weighted by Gasteiger charge is 2.16. The zero-order valence-corrected chi connectivity index (χ0v) is 8.60. The summed E-state index contributed by atoms with van der Waals surface area (Å²) in [5, 5.41) is 0.499. The molecule has 4 heteroatoms. The molecule has 2 rings (SSSR count). The van der Waals surface area contributed by atoms with E-state index in [0.29, 0.717) is 10.9 Å². The molecule has 0 amide bonds. The second kappa shape index (κ2) is 4.75. The topological polar surface area (TPSA) is 22.1 Å². The predicted molar refractivity (Wildman–Crippen MR) is 53.8 cm³/mol. The lowest BCUT2D eigenvalue weighted by Gasteiger charge is -2.06. The van der Waals surface area contributed by atoms with Crippen molar-refractivity contribution in [2.24, 2.45) is 5.92 Å². The molecule has 2 heterocycles. The average molecular weight is 213 g/mol. The van der Waals surface area contributed by atoms with Gasteiger partial charge in [-0.05, 0) is 24.5 Å². The van der Waals surface area contributed by atoms with Crippen LogP contribution in [0, 0.1) is 11.7 Å². The number of hydrogen-bond donors (Lipinski definition) is 0.